The van der Waals surface area contributed by atoms with Gasteiger partial charge in [-0.05, 0) is 36.8 Å². The smallest absolute Gasteiger partial charge is 0.0594 e. The lowest BCUT2D eigenvalue weighted by atomic mass is 9.97. The Balaban J connectivity index is 1.49. The summed E-state index contributed by atoms with van der Waals surface area (Å²) < 4.78 is 5.43. The predicted octanol–water partition coefficient (Wildman–Crippen LogP) is 2.95. The van der Waals surface area contributed by atoms with Crippen molar-refractivity contribution in [3.63, 3.8) is 0 Å². The van der Waals surface area contributed by atoms with Crippen molar-refractivity contribution >= 4 is 22.9 Å². The van der Waals surface area contributed by atoms with Crippen molar-refractivity contribution in [1.82, 2.24) is 9.80 Å². The Kier molecular flexibility index (Phi) is 5.35. The van der Waals surface area contributed by atoms with E-state index < -0.39 is 0 Å². The van der Waals surface area contributed by atoms with E-state index in [-0.39, 0.29) is 0 Å². The standard InChI is InChI=1S/C15H23ClN2OS/c16-14-3-9-20-15(14)12-18-4-1-2-13(11-18)10-17-5-7-19-8-6-17/h3,9,13H,1-2,4-8,10-12H2. The van der Waals surface area contributed by atoms with Gasteiger partial charge in [0.05, 0.1) is 18.2 Å². The van der Waals surface area contributed by atoms with Crippen molar-refractivity contribution in [2.24, 2.45) is 5.92 Å². The van der Waals surface area contributed by atoms with E-state index in [0.717, 1.165) is 43.8 Å². The molecule has 0 aliphatic carbocycles. The first-order valence-electron chi connectivity index (χ1n) is 7.55. The van der Waals surface area contributed by atoms with E-state index >= 15 is 0 Å². The van der Waals surface area contributed by atoms with Crippen LogP contribution < -0.4 is 0 Å². The van der Waals surface area contributed by atoms with Gasteiger partial charge < -0.3 is 4.74 Å². The van der Waals surface area contributed by atoms with E-state index in [2.05, 4.69) is 15.2 Å². The molecule has 2 aliphatic heterocycles. The zero-order valence-corrected chi connectivity index (χ0v) is 13.5. The number of morpholine rings is 1. The molecule has 0 spiro atoms. The quantitative estimate of drug-likeness (QED) is 0.850. The van der Waals surface area contributed by atoms with E-state index in [4.69, 9.17) is 16.3 Å². The number of thiophene rings is 1. The third kappa shape index (κ3) is 3.95. The zero-order valence-electron chi connectivity index (χ0n) is 11.9. The summed E-state index contributed by atoms with van der Waals surface area (Å²) in [7, 11) is 0. The highest BCUT2D eigenvalue weighted by Crippen LogP contribution is 2.26. The number of likely N-dealkylation sites (tertiary alicyclic amines) is 1. The fourth-order valence-electron chi connectivity index (χ4n) is 3.23. The van der Waals surface area contributed by atoms with Crippen molar-refractivity contribution in [2.45, 2.75) is 19.4 Å². The molecule has 2 aliphatic rings. The number of nitrogens with zero attached hydrogens (tertiary/aromatic N) is 2. The van der Waals surface area contributed by atoms with Crippen LogP contribution in [0.3, 0.4) is 0 Å². The number of halogens is 1. The van der Waals surface area contributed by atoms with Crippen LogP contribution in [0.5, 0.6) is 0 Å². The molecule has 20 heavy (non-hydrogen) atoms. The largest absolute Gasteiger partial charge is 0.379 e. The van der Waals surface area contributed by atoms with Gasteiger partial charge in [0, 0.05) is 37.6 Å². The van der Waals surface area contributed by atoms with Crippen LogP contribution in [0.4, 0.5) is 0 Å². The van der Waals surface area contributed by atoms with Gasteiger partial charge in [-0.3, -0.25) is 9.80 Å². The lowest BCUT2D eigenvalue weighted by molar-refractivity contribution is 0.0225. The fraction of sp³-hybridized carbons (Fsp3) is 0.733. The second kappa shape index (κ2) is 7.23. The maximum absolute atomic E-state index is 6.21. The molecule has 3 rings (SSSR count). The summed E-state index contributed by atoms with van der Waals surface area (Å²) >= 11 is 7.99. The molecule has 2 saturated heterocycles. The summed E-state index contributed by atoms with van der Waals surface area (Å²) in [5.74, 6) is 0.806. The second-order valence-electron chi connectivity index (χ2n) is 5.85. The summed E-state index contributed by atoms with van der Waals surface area (Å²) in [6, 6.07) is 2.01. The average molecular weight is 315 g/mol. The molecule has 3 heterocycles. The maximum atomic E-state index is 6.21. The molecule has 1 aromatic heterocycles. The average Bonchev–Trinajstić information content (AvgIpc) is 2.86. The summed E-state index contributed by atoms with van der Waals surface area (Å²) in [5.41, 5.74) is 0. The van der Waals surface area contributed by atoms with Crippen molar-refractivity contribution in [1.29, 1.82) is 0 Å². The van der Waals surface area contributed by atoms with Crippen molar-refractivity contribution in [3.8, 4) is 0 Å². The van der Waals surface area contributed by atoms with Crippen LogP contribution in [-0.2, 0) is 11.3 Å². The van der Waals surface area contributed by atoms with Gasteiger partial charge in [-0.15, -0.1) is 11.3 Å². The van der Waals surface area contributed by atoms with Crippen LogP contribution in [0.15, 0.2) is 11.4 Å². The van der Waals surface area contributed by atoms with Crippen LogP contribution >= 0.6 is 22.9 Å². The minimum absolute atomic E-state index is 0.806. The number of hydrogen-bond donors (Lipinski definition) is 0. The Hall–Kier alpha value is -0.130. The Bertz CT molecular complexity index is 420. The third-order valence-electron chi connectivity index (χ3n) is 4.28. The van der Waals surface area contributed by atoms with Crippen molar-refractivity contribution < 1.29 is 4.74 Å². The molecule has 0 aromatic carbocycles. The SMILES string of the molecule is Clc1ccsc1CN1CCCC(CN2CCOCC2)C1. The summed E-state index contributed by atoms with van der Waals surface area (Å²) in [6.45, 7) is 8.70. The Morgan fingerprint density at radius 3 is 2.85 bits per heavy atom. The van der Waals surface area contributed by atoms with Gasteiger partial charge in [-0.25, -0.2) is 0 Å². The molecule has 5 heteroatoms. The molecule has 2 fully saturated rings. The number of rotatable bonds is 4. The molecule has 3 nitrogen and oxygen atoms in total. The molecule has 1 aromatic rings. The zero-order chi connectivity index (χ0) is 13.8. The lowest BCUT2D eigenvalue weighted by Gasteiger charge is -2.36. The third-order valence-corrected chi connectivity index (χ3v) is 5.65. The Morgan fingerprint density at radius 2 is 2.10 bits per heavy atom. The number of hydrogen-bond acceptors (Lipinski definition) is 4. The molecule has 0 amide bonds. The van der Waals surface area contributed by atoms with E-state index in [1.54, 1.807) is 11.3 Å². The first-order valence-corrected chi connectivity index (χ1v) is 8.81. The number of ether oxygens (including phenoxy) is 1. The van der Waals surface area contributed by atoms with Gasteiger partial charge >= 0.3 is 0 Å². The summed E-state index contributed by atoms with van der Waals surface area (Å²) in [5, 5.41) is 3.03. The molecule has 1 unspecified atom stereocenters. The highest BCUT2D eigenvalue weighted by Gasteiger charge is 2.23. The highest BCUT2D eigenvalue weighted by atomic mass is 35.5. The first kappa shape index (κ1) is 14.8. The molecular weight excluding hydrogens is 292 g/mol. The molecule has 1 atom stereocenters. The topological polar surface area (TPSA) is 15.7 Å². The summed E-state index contributed by atoms with van der Waals surface area (Å²) in [4.78, 5) is 6.46. The van der Waals surface area contributed by atoms with Crippen LogP contribution in [-0.4, -0.2) is 55.7 Å². The van der Waals surface area contributed by atoms with Gasteiger partial charge in [0.1, 0.15) is 0 Å². The van der Waals surface area contributed by atoms with Gasteiger partial charge in [0.15, 0.2) is 0 Å². The normalized spacial score (nSPS) is 25.9. The molecule has 0 radical (unpaired) electrons. The van der Waals surface area contributed by atoms with Crippen LogP contribution in [0.25, 0.3) is 0 Å². The van der Waals surface area contributed by atoms with Gasteiger partial charge in [0.2, 0.25) is 0 Å². The monoisotopic (exact) mass is 314 g/mol. The molecule has 0 bridgehead atoms. The van der Waals surface area contributed by atoms with E-state index in [0.29, 0.717) is 0 Å². The van der Waals surface area contributed by atoms with Crippen molar-refractivity contribution in [3.05, 3.63) is 21.3 Å². The summed E-state index contributed by atoms with van der Waals surface area (Å²) in [6.07, 6.45) is 2.68. The minimum atomic E-state index is 0.806. The van der Waals surface area contributed by atoms with Crippen LogP contribution in [0.1, 0.15) is 17.7 Å². The van der Waals surface area contributed by atoms with Gasteiger partial charge in [0.25, 0.3) is 0 Å². The molecule has 0 N–H and O–H groups in total. The Labute approximate surface area is 130 Å². The molecule has 0 saturated carbocycles. The molecular formula is C15H23ClN2OS. The van der Waals surface area contributed by atoms with Crippen LogP contribution in [0.2, 0.25) is 5.02 Å². The fourth-order valence-corrected chi connectivity index (χ4v) is 4.37. The first-order chi connectivity index (χ1) is 9.81. The van der Waals surface area contributed by atoms with E-state index in [1.165, 1.54) is 37.4 Å². The predicted molar refractivity (Wildman–Crippen MR) is 84.6 cm³/mol. The minimum Gasteiger partial charge on any atom is -0.379 e. The maximum Gasteiger partial charge on any atom is 0.0594 e. The highest BCUT2D eigenvalue weighted by molar-refractivity contribution is 7.10. The van der Waals surface area contributed by atoms with Gasteiger partial charge in [-0.1, -0.05) is 11.6 Å². The molecule has 112 valence electrons. The number of piperidine rings is 1. The Morgan fingerprint density at radius 1 is 1.25 bits per heavy atom. The second-order valence-corrected chi connectivity index (χ2v) is 7.26. The van der Waals surface area contributed by atoms with E-state index in [1.807, 2.05) is 6.07 Å². The lowest BCUT2D eigenvalue weighted by Crippen LogP contribution is -2.44. The van der Waals surface area contributed by atoms with Gasteiger partial charge in [-0.2, -0.15) is 0 Å². The van der Waals surface area contributed by atoms with Crippen LogP contribution in [0, 0.1) is 5.92 Å². The van der Waals surface area contributed by atoms with Crippen molar-refractivity contribution in [2.75, 3.05) is 45.9 Å². The van der Waals surface area contributed by atoms with E-state index in [9.17, 15) is 0 Å².